The molecular weight excluding hydrogens is 180 g/mol. The fraction of sp³-hybridized carbons (Fsp3) is 0.818. The van der Waals surface area contributed by atoms with Gasteiger partial charge in [-0.05, 0) is 13.3 Å². The summed E-state index contributed by atoms with van der Waals surface area (Å²) in [5.74, 6) is 0.0704. The summed E-state index contributed by atoms with van der Waals surface area (Å²) in [6.45, 7) is 7.34. The molecule has 80 valence electrons. The summed E-state index contributed by atoms with van der Waals surface area (Å²) in [4.78, 5) is 22.3. The maximum Gasteiger partial charge on any atom is 0.305 e. The highest BCUT2D eigenvalue weighted by Crippen LogP contribution is 2.48. The fourth-order valence-electron chi connectivity index (χ4n) is 2.02. The van der Waals surface area contributed by atoms with Gasteiger partial charge in [-0.3, -0.25) is 9.59 Å². The predicted molar refractivity (Wildman–Crippen MR) is 52.7 cm³/mol. The van der Waals surface area contributed by atoms with Crippen LogP contribution < -0.4 is 0 Å². The molecule has 0 radical (unpaired) electrons. The molecule has 0 heterocycles. The maximum absolute atomic E-state index is 11.2. The highest BCUT2D eigenvalue weighted by molar-refractivity contribution is 5.80. The molecule has 1 rings (SSSR count). The minimum absolute atomic E-state index is 0.0529. The molecule has 0 aromatic carbocycles. The first-order valence-corrected chi connectivity index (χ1v) is 5.09. The van der Waals surface area contributed by atoms with Crippen LogP contribution in [0.2, 0.25) is 0 Å². The van der Waals surface area contributed by atoms with Crippen LogP contribution in [0.4, 0.5) is 0 Å². The van der Waals surface area contributed by atoms with Gasteiger partial charge in [-0.15, -0.1) is 0 Å². The van der Waals surface area contributed by atoms with Crippen molar-refractivity contribution in [3.63, 3.8) is 0 Å². The molecule has 1 fully saturated rings. The Hall–Kier alpha value is -0.860. The van der Waals surface area contributed by atoms with Crippen molar-refractivity contribution in [2.24, 2.45) is 11.3 Å². The Morgan fingerprint density at radius 2 is 2.00 bits per heavy atom. The lowest BCUT2D eigenvalue weighted by atomic mass is 9.58. The molecule has 14 heavy (non-hydrogen) atoms. The minimum atomic E-state index is -0.184. The van der Waals surface area contributed by atoms with Crippen LogP contribution in [0.25, 0.3) is 0 Å². The Morgan fingerprint density at radius 1 is 1.43 bits per heavy atom. The topological polar surface area (TPSA) is 43.4 Å². The summed E-state index contributed by atoms with van der Waals surface area (Å²) in [7, 11) is 0. The van der Waals surface area contributed by atoms with Gasteiger partial charge in [0.15, 0.2) is 0 Å². The Balaban J connectivity index is 2.54. The van der Waals surface area contributed by atoms with Crippen molar-refractivity contribution in [2.45, 2.75) is 46.6 Å². The van der Waals surface area contributed by atoms with Crippen LogP contribution in [-0.4, -0.2) is 17.9 Å². The first kappa shape index (κ1) is 11.2. The largest absolute Gasteiger partial charge is 0.462 e. The van der Waals surface area contributed by atoms with E-state index < -0.39 is 0 Å². The van der Waals surface area contributed by atoms with E-state index in [-0.39, 0.29) is 29.2 Å². The number of esters is 1. The highest BCUT2D eigenvalue weighted by atomic mass is 16.5. The molecule has 0 amide bonds. The number of Topliss-reactive ketones (excluding diaryl/α,β-unsaturated/α-hetero) is 1. The third-order valence-corrected chi connectivity index (χ3v) is 3.23. The van der Waals surface area contributed by atoms with Gasteiger partial charge in [-0.2, -0.15) is 0 Å². The number of rotatable bonds is 3. The van der Waals surface area contributed by atoms with Gasteiger partial charge in [-0.25, -0.2) is 0 Å². The average Bonchev–Trinajstić information content (AvgIpc) is 2.10. The van der Waals surface area contributed by atoms with E-state index in [0.717, 1.165) is 0 Å². The van der Waals surface area contributed by atoms with E-state index in [2.05, 4.69) is 0 Å². The monoisotopic (exact) mass is 198 g/mol. The van der Waals surface area contributed by atoms with Crippen molar-refractivity contribution in [3.05, 3.63) is 0 Å². The van der Waals surface area contributed by atoms with Crippen molar-refractivity contribution in [2.75, 3.05) is 0 Å². The Morgan fingerprint density at radius 3 is 2.36 bits per heavy atom. The molecule has 0 aliphatic heterocycles. The molecule has 0 N–H and O–H groups in total. The van der Waals surface area contributed by atoms with Gasteiger partial charge in [0.2, 0.25) is 0 Å². The molecule has 1 saturated carbocycles. The lowest BCUT2D eigenvalue weighted by Gasteiger charge is -2.49. The van der Waals surface area contributed by atoms with Crippen LogP contribution in [0.15, 0.2) is 0 Å². The molecular formula is C11H18O3. The second kappa shape index (κ2) is 3.71. The third kappa shape index (κ3) is 1.81. The lowest BCUT2D eigenvalue weighted by Crippen LogP contribution is -2.54. The van der Waals surface area contributed by atoms with Crippen molar-refractivity contribution in [1.82, 2.24) is 0 Å². The zero-order valence-electron chi connectivity index (χ0n) is 9.29. The normalized spacial score (nSPS) is 29.1. The van der Waals surface area contributed by atoms with Gasteiger partial charge in [0.05, 0.1) is 0 Å². The third-order valence-electron chi connectivity index (χ3n) is 3.23. The molecule has 2 unspecified atom stereocenters. The zero-order valence-corrected chi connectivity index (χ0v) is 9.29. The molecule has 0 aromatic rings. The Kier molecular flexibility index (Phi) is 2.98. The van der Waals surface area contributed by atoms with Crippen molar-refractivity contribution < 1.29 is 14.3 Å². The molecule has 3 nitrogen and oxygen atoms in total. The lowest BCUT2D eigenvalue weighted by molar-refractivity contribution is -0.179. The molecule has 1 aliphatic carbocycles. The summed E-state index contributed by atoms with van der Waals surface area (Å²) in [5.41, 5.74) is -0.184. The number of hydrogen-bond acceptors (Lipinski definition) is 3. The minimum Gasteiger partial charge on any atom is -0.462 e. The van der Waals surface area contributed by atoms with Gasteiger partial charge < -0.3 is 4.74 Å². The van der Waals surface area contributed by atoms with E-state index in [1.807, 2.05) is 13.8 Å². The average molecular weight is 198 g/mol. The summed E-state index contributed by atoms with van der Waals surface area (Å²) in [6, 6.07) is 0. The second-order valence-corrected chi connectivity index (χ2v) is 4.55. The number of carbonyl (C=O) groups excluding carboxylic acids is 2. The van der Waals surface area contributed by atoms with Crippen LogP contribution in [0.5, 0.6) is 0 Å². The number of ketones is 1. The molecule has 0 aromatic heterocycles. The SMILES string of the molecule is CCC(=O)OC1CC(C(C)=O)C1(C)C. The molecule has 0 spiro atoms. The number of carbonyl (C=O) groups is 2. The first-order valence-electron chi connectivity index (χ1n) is 5.09. The van der Waals surface area contributed by atoms with Crippen molar-refractivity contribution in [3.8, 4) is 0 Å². The summed E-state index contributed by atoms with van der Waals surface area (Å²) in [6.07, 6.45) is 1.01. The summed E-state index contributed by atoms with van der Waals surface area (Å²) >= 11 is 0. The Bertz CT molecular complexity index is 255. The van der Waals surface area contributed by atoms with E-state index in [1.165, 1.54) is 0 Å². The molecule has 3 heteroatoms. The standard InChI is InChI=1S/C11H18O3/c1-5-10(13)14-9-6-8(7(2)12)11(9,3)4/h8-9H,5-6H2,1-4H3. The van der Waals surface area contributed by atoms with Crippen LogP contribution in [0.3, 0.4) is 0 Å². The fourth-order valence-corrected chi connectivity index (χ4v) is 2.02. The van der Waals surface area contributed by atoms with Gasteiger partial charge in [0.1, 0.15) is 11.9 Å². The van der Waals surface area contributed by atoms with E-state index in [4.69, 9.17) is 4.74 Å². The summed E-state index contributed by atoms with van der Waals surface area (Å²) < 4.78 is 5.24. The van der Waals surface area contributed by atoms with Crippen molar-refractivity contribution in [1.29, 1.82) is 0 Å². The molecule has 0 bridgehead atoms. The predicted octanol–water partition coefficient (Wildman–Crippen LogP) is 1.94. The van der Waals surface area contributed by atoms with Crippen LogP contribution in [0, 0.1) is 11.3 Å². The first-order chi connectivity index (χ1) is 6.39. The smallest absolute Gasteiger partial charge is 0.305 e. The van der Waals surface area contributed by atoms with Crippen molar-refractivity contribution >= 4 is 11.8 Å². The van der Waals surface area contributed by atoms with Crippen LogP contribution >= 0.6 is 0 Å². The number of hydrogen-bond donors (Lipinski definition) is 0. The van der Waals surface area contributed by atoms with E-state index in [0.29, 0.717) is 12.8 Å². The highest BCUT2D eigenvalue weighted by Gasteiger charge is 2.52. The number of ether oxygens (including phenoxy) is 1. The van der Waals surface area contributed by atoms with Crippen LogP contribution in [-0.2, 0) is 14.3 Å². The summed E-state index contributed by atoms with van der Waals surface area (Å²) in [5, 5.41) is 0. The molecule has 1 aliphatic rings. The second-order valence-electron chi connectivity index (χ2n) is 4.55. The van der Waals surface area contributed by atoms with Gasteiger partial charge in [0.25, 0.3) is 0 Å². The van der Waals surface area contributed by atoms with Crippen LogP contribution in [0.1, 0.15) is 40.5 Å². The quantitative estimate of drug-likeness (QED) is 0.651. The molecule has 0 saturated heterocycles. The van der Waals surface area contributed by atoms with E-state index >= 15 is 0 Å². The van der Waals surface area contributed by atoms with Gasteiger partial charge in [-0.1, -0.05) is 20.8 Å². The van der Waals surface area contributed by atoms with Gasteiger partial charge >= 0.3 is 5.97 Å². The van der Waals surface area contributed by atoms with E-state index in [1.54, 1.807) is 13.8 Å². The zero-order chi connectivity index (χ0) is 10.9. The van der Waals surface area contributed by atoms with Gasteiger partial charge in [0, 0.05) is 17.8 Å². The maximum atomic E-state index is 11.2. The molecule has 2 atom stereocenters. The Labute approximate surface area is 84.8 Å². The van der Waals surface area contributed by atoms with E-state index in [9.17, 15) is 9.59 Å².